The van der Waals surface area contributed by atoms with Crippen LogP contribution in [-0.4, -0.2) is 13.1 Å². The fraction of sp³-hybridized carbons (Fsp3) is 0.316. The Hall–Kier alpha value is -2.49. The molecule has 0 aliphatic rings. The van der Waals surface area contributed by atoms with Crippen molar-refractivity contribution in [1.29, 1.82) is 0 Å². The molecule has 0 saturated carbocycles. The van der Waals surface area contributed by atoms with Gasteiger partial charge < -0.3 is 15.1 Å². The van der Waals surface area contributed by atoms with Crippen molar-refractivity contribution in [2.75, 3.05) is 23.7 Å². The van der Waals surface area contributed by atoms with E-state index < -0.39 is 0 Å². The predicted molar refractivity (Wildman–Crippen MR) is 97.8 cm³/mol. The van der Waals surface area contributed by atoms with Gasteiger partial charge in [-0.25, -0.2) is 0 Å². The lowest BCUT2D eigenvalue weighted by Crippen LogP contribution is -2.06. The zero-order valence-corrected chi connectivity index (χ0v) is 14.0. The molecule has 3 aromatic rings. The Morgan fingerprint density at radius 1 is 0.826 bits per heavy atom. The summed E-state index contributed by atoms with van der Waals surface area (Å²) in [6, 6.07) is 7.65. The smallest absolute Gasteiger partial charge is 0.200 e. The minimum atomic E-state index is 0.0264. The fourth-order valence-corrected chi connectivity index (χ4v) is 2.93. The summed E-state index contributed by atoms with van der Waals surface area (Å²) < 4.78 is 6.03. The molecule has 0 amide bonds. The molecule has 3 rings (SSSR count). The van der Waals surface area contributed by atoms with Crippen LogP contribution in [0.15, 0.2) is 33.5 Å². The van der Waals surface area contributed by atoms with E-state index >= 15 is 0 Å². The average molecular weight is 310 g/mol. The molecule has 0 saturated heterocycles. The SMILES string of the molecule is CCNc1cc2oc3cc(NCC)c(C)cc3c(=O)c2cc1C. The minimum absolute atomic E-state index is 0.0264. The quantitative estimate of drug-likeness (QED) is 0.700. The number of anilines is 2. The Kier molecular flexibility index (Phi) is 3.99. The minimum Gasteiger partial charge on any atom is -0.456 e. The molecular weight excluding hydrogens is 288 g/mol. The van der Waals surface area contributed by atoms with E-state index in [0.29, 0.717) is 21.9 Å². The Balaban J connectivity index is 2.33. The molecule has 120 valence electrons. The van der Waals surface area contributed by atoms with Gasteiger partial charge in [-0.1, -0.05) is 0 Å². The Bertz CT molecular complexity index is 869. The highest BCUT2D eigenvalue weighted by Crippen LogP contribution is 2.28. The number of rotatable bonds is 4. The van der Waals surface area contributed by atoms with Gasteiger partial charge in [-0.2, -0.15) is 0 Å². The molecule has 0 unspecified atom stereocenters. The Morgan fingerprint density at radius 2 is 1.26 bits per heavy atom. The zero-order chi connectivity index (χ0) is 16.6. The predicted octanol–water partition coefficient (Wildman–Crippen LogP) is 4.43. The molecule has 0 aliphatic carbocycles. The summed E-state index contributed by atoms with van der Waals surface area (Å²) in [5.41, 5.74) is 5.37. The van der Waals surface area contributed by atoms with Crippen LogP contribution in [0, 0.1) is 13.8 Å². The van der Waals surface area contributed by atoms with Gasteiger partial charge in [0.25, 0.3) is 0 Å². The molecule has 0 fully saturated rings. The molecule has 4 nitrogen and oxygen atoms in total. The average Bonchev–Trinajstić information content (AvgIpc) is 2.52. The molecule has 0 bridgehead atoms. The van der Waals surface area contributed by atoms with E-state index in [9.17, 15) is 4.79 Å². The van der Waals surface area contributed by atoms with Crippen molar-refractivity contribution in [2.24, 2.45) is 0 Å². The highest BCUT2D eigenvalue weighted by atomic mass is 16.3. The lowest BCUT2D eigenvalue weighted by molar-refractivity contribution is 0.660. The highest BCUT2D eigenvalue weighted by Gasteiger charge is 2.12. The first kappa shape index (κ1) is 15.4. The van der Waals surface area contributed by atoms with E-state index in [1.54, 1.807) is 0 Å². The van der Waals surface area contributed by atoms with Crippen LogP contribution >= 0.6 is 0 Å². The Labute approximate surface area is 135 Å². The molecule has 0 aliphatic heterocycles. The molecule has 0 spiro atoms. The van der Waals surface area contributed by atoms with Gasteiger partial charge in [0.15, 0.2) is 0 Å². The van der Waals surface area contributed by atoms with E-state index in [1.165, 1.54) is 0 Å². The number of benzene rings is 2. The van der Waals surface area contributed by atoms with E-state index in [0.717, 1.165) is 35.6 Å². The molecule has 2 aromatic carbocycles. The van der Waals surface area contributed by atoms with Crippen LogP contribution in [-0.2, 0) is 0 Å². The van der Waals surface area contributed by atoms with Crippen molar-refractivity contribution >= 4 is 33.3 Å². The maximum Gasteiger partial charge on any atom is 0.200 e. The van der Waals surface area contributed by atoms with Crippen molar-refractivity contribution in [1.82, 2.24) is 0 Å². The molecule has 23 heavy (non-hydrogen) atoms. The first-order chi connectivity index (χ1) is 11.0. The van der Waals surface area contributed by atoms with Crippen LogP contribution in [0.4, 0.5) is 11.4 Å². The van der Waals surface area contributed by atoms with Crippen LogP contribution in [0.3, 0.4) is 0 Å². The van der Waals surface area contributed by atoms with Gasteiger partial charge in [0.1, 0.15) is 11.2 Å². The molecular formula is C19H22N2O2. The number of nitrogens with one attached hydrogen (secondary N) is 2. The lowest BCUT2D eigenvalue weighted by atomic mass is 10.1. The molecule has 1 heterocycles. The monoisotopic (exact) mass is 310 g/mol. The van der Waals surface area contributed by atoms with E-state index in [-0.39, 0.29) is 5.43 Å². The zero-order valence-electron chi connectivity index (χ0n) is 14.0. The third kappa shape index (κ3) is 2.65. The van der Waals surface area contributed by atoms with Crippen molar-refractivity contribution in [3.05, 3.63) is 45.6 Å². The van der Waals surface area contributed by atoms with Gasteiger partial charge in [-0.05, 0) is 51.0 Å². The van der Waals surface area contributed by atoms with Crippen LogP contribution in [0.2, 0.25) is 0 Å². The molecule has 0 atom stereocenters. The topological polar surface area (TPSA) is 54.3 Å². The summed E-state index contributed by atoms with van der Waals surface area (Å²) >= 11 is 0. The second kappa shape index (κ2) is 5.95. The van der Waals surface area contributed by atoms with Crippen LogP contribution in [0.25, 0.3) is 21.9 Å². The van der Waals surface area contributed by atoms with Gasteiger partial charge in [-0.15, -0.1) is 0 Å². The van der Waals surface area contributed by atoms with Gasteiger partial charge in [0.2, 0.25) is 5.43 Å². The summed E-state index contributed by atoms with van der Waals surface area (Å²) in [4.78, 5) is 12.8. The van der Waals surface area contributed by atoms with Gasteiger partial charge in [-0.3, -0.25) is 4.79 Å². The van der Waals surface area contributed by atoms with Crippen LogP contribution in [0.5, 0.6) is 0 Å². The summed E-state index contributed by atoms with van der Waals surface area (Å²) in [6.45, 7) is 9.75. The van der Waals surface area contributed by atoms with E-state index in [1.807, 2.05) is 52.0 Å². The van der Waals surface area contributed by atoms with Crippen LogP contribution < -0.4 is 16.1 Å². The standard InChI is InChI=1S/C19H22N2O2/c1-5-20-15-9-17-13(7-11(15)3)19(22)14-8-12(4)16(21-6-2)10-18(14)23-17/h7-10,20-21H,5-6H2,1-4H3. The van der Waals surface area contributed by atoms with Crippen LogP contribution in [0.1, 0.15) is 25.0 Å². The number of aryl methyl sites for hydroxylation is 2. The second-order valence-electron chi connectivity index (χ2n) is 5.82. The van der Waals surface area contributed by atoms with Crippen molar-refractivity contribution in [3.8, 4) is 0 Å². The largest absolute Gasteiger partial charge is 0.456 e. The maximum atomic E-state index is 12.8. The third-order valence-corrected chi connectivity index (χ3v) is 4.10. The number of hydrogen-bond acceptors (Lipinski definition) is 4. The molecule has 1 aromatic heterocycles. The Morgan fingerprint density at radius 3 is 1.65 bits per heavy atom. The normalized spacial score (nSPS) is 11.1. The summed E-state index contributed by atoms with van der Waals surface area (Å²) in [6.07, 6.45) is 0. The number of hydrogen-bond donors (Lipinski definition) is 2. The second-order valence-corrected chi connectivity index (χ2v) is 5.82. The molecule has 2 N–H and O–H groups in total. The molecule has 4 heteroatoms. The van der Waals surface area contributed by atoms with Crippen molar-refractivity contribution < 1.29 is 4.42 Å². The van der Waals surface area contributed by atoms with Crippen molar-refractivity contribution in [2.45, 2.75) is 27.7 Å². The van der Waals surface area contributed by atoms with Gasteiger partial charge in [0, 0.05) is 36.6 Å². The van der Waals surface area contributed by atoms with E-state index in [2.05, 4.69) is 10.6 Å². The van der Waals surface area contributed by atoms with E-state index in [4.69, 9.17) is 4.42 Å². The summed E-state index contributed by atoms with van der Waals surface area (Å²) in [7, 11) is 0. The first-order valence-corrected chi connectivity index (χ1v) is 8.04. The third-order valence-electron chi connectivity index (χ3n) is 4.10. The molecule has 0 radical (unpaired) electrons. The fourth-order valence-electron chi connectivity index (χ4n) is 2.93. The van der Waals surface area contributed by atoms with Gasteiger partial charge in [0.05, 0.1) is 10.8 Å². The summed E-state index contributed by atoms with van der Waals surface area (Å²) in [5.74, 6) is 0. The van der Waals surface area contributed by atoms with Crippen molar-refractivity contribution in [3.63, 3.8) is 0 Å². The van der Waals surface area contributed by atoms with Gasteiger partial charge >= 0.3 is 0 Å². The first-order valence-electron chi connectivity index (χ1n) is 8.04. The lowest BCUT2D eigenvalue weighted by Gasteiger charge is -2.11. The highest BCUT2D eigenvalue weighted by molar-refractivity contribution is 5.93. The summed E-state index contributed by atoms with van der Waals surface area (Å²) in [5, 5.41) is 7.87. The number of fused-ring (bicyclic) bond motifs is 2. The maximum absolute atomic E-state index is 12.8.